The van der Waals surface area contributed by atoms with E-state index in [0.717, 1.165) is 33.4 Å². The zero-order valence-electron chi connectivity index (χ0n) is 18.4. The van der Waals surface area contributed by atoms with Crippen molar-refractivity contribution in [2.75, 3.05) is 13.2 Å². The third kappa shape index (κ3) is 4.55. The van der Waals surface area contributed by atoms with Gasteiger partial charge in [-0.25, -0.2) is 9.48 Å². The van der Waals surface area contributed by atoms with E-state index in [1.54, 1.807) is 11.6 Å². The summed E-state index contributed by atoms with van der Waals surface area (Å²) in [5.74, 6) is -0.484. The molecule has 1 N–H and O–H groups in total. The van der Waals surface area contributed by atoms with E-state index in [0.29, 0.717) is 12.3 Å². The number of hydrogen-bond acceptors (Lipinski definition) is 5. The second-order valence-electron chi connectivity index (χ2n) is 8.79. The van der Waals surface area contributed by atoms with E-state index >= 15 is 0 Å². The highest BCUT2D eigenvalue weighted by Gasteiger charge is 2.23. The lowest BCUT2D eigenvalue weighted by Gasteiger charge is -2.15. The minimum Gasteiger partial charge on any atom is -0.461 e. The van der Waals surface area contributed by atoms with E-state index in [4.69, 9.17) is 9.47 Å². The van der Waals surface area contributed by atoms with Gasteiger partial charge in [-0.15, -0.1) is 5.10 Å². The number of carbonyl (C=O) groups is 1. The van der Waals surface area contributed by atoms with E-state index in [1.807, 2.05) is 24.3 Å². The van der Waals surface area contributed by atoms with Crippen molar-refractivity contribution in [1.82, 2.24) is 20.0 Å². The number of hydrogen-bond donors (Lipinski definition) is 1. The molecule has 0 fully saturated rings. The Hall–Kier alpha value is -2.97. The summed E-state index contributed by atoms with van der Waals surface area (Å²) in [5.41, 5.74) is 3.70. The lowest BCUT2D eigenvalue weighted by Crippen LogP contribution is -2.22. The fraction of sp³-hybridized carbons (Fsp3) is 0.348. The number of ether oxygens (including phenoxy) is 2. The molecule has 8 heteroatoms. The van der Waals surface area contributed by atoms with Gasteiger partial charge in [0.1, 0.15) is 12.4 Å². The molecule has 0 radical (unpaired) electrons. The summed E-state index contributed by atoms with van der Waals surface area (Å²) in [6.07, 6.45) is 0. The molecule has 2 aromatic carbocycles. The molecule has 4 rings (SSSR count). The maximum atomic E-state index is 12.5. The van der Waals surface area contributed by atoms with Crippen LogP contribution in [0.1, 0.15) is 17.4 Å². The van der Waals surface area contributed by atoms with Gasteiger partial charge in [0.05, 0.1) is 6.61 Å². The summed E-state index contributed by atoms with van der Waals surface area (Å²) in [7, 11) is -1.19. The molecule has 31 heavy (non-hydrogen) atoms. The van der Waals surface area contributed by atoms with Crippen molar-refractivity contribution in [1.29, 1.82) is 0 Å². The Kier molecular flexibility index (Phi) is 5.93. The Morgan fingerprint density at radius 3 is 2.65 bits per heavy atom. The maximum absolute atomic E-state index is 12.5. The van der Waals surface area contributed by atoms with Gasteiger partial charge in [-0.05, 0) is 25.1 Å². The van der Waals surface area contributed by atoms with E-state index in [1.165, 1.54) is 0 Å². The molecule has 2 aromatic heterocycles. The number of nitrogens with zero attached hydrogens (tertiary/aromatic N) is 3. The van der Waals surface area contributed by atoms with Gasteiger partial charge in [-0.3, -0.25) is 0 Å². The first-order valence-corrected chi connectivity index (χ1v) is 14.3. The molecule has 0 aliphatic heterocycles. The molecule has 7 nitrogen and oxygen atoms in total. The minimum absolute atomic E-state index is 0.200. The van der Waals surface area contributed by atoms with Crippen molar-refractivity contribution < 1.29 is 14.3 Å². The zero-order valence-corrected chi connectivity index (χ0v) is 19.4. The Balaban J connectivity index is 1.71. The second kappa shape index (κ2) is 8.64. The number of aromatic amines is 1. The molecule has 162 valence electrons. The molecular weight excluding hydrogens is 408 g/mol. The average Bonchev–Trinajstić information content (AvgIpc) is 3.31. The smallest absolute Gasteiger partial charge is 0.361 e. The average molecular weight is 437 g/mol. The highest BCUT2D eigenvalue weighted by atomic mass is 28.3. The summed E-state index contributed by atoms with van der Waals surface area (Å²) in [4.78, 5) is 16.0. The molecule has 0 bridgehead atoms. The molecule has 0 saturated carbocycles. The van der Waals surface area contributed by atoms with E-state index in [9.17, 15) is 4.79 Å². The summed E-state index contributed by atoms with van der Waals surface area (Å²) >= 11 is 0. The van der Waals surface area contributed by atoms with Crippen LogP contribution in [0.4, 0.5) is 0 Å². The minimum atomic E-state index is -1.19. The number of aromatic nitrogens is 4. The van der Waals surface area contributed by atoms with Gasteiger partial charge in [0.25, 0.3) is 0 Å². The highest BCUT2D eigenvalue weighted by molar-refractivity contribution is 6.76. The molecule has 0 amide bonds. The lowest BCUT2D eigenvalue weighted by atomic mass is 10.1. The van der Waals surface area contributed by atoms with E-state index < -0.39 is 14.0 Å². The van der Waals surface area contributed by atoms with Gasteiger partial charge in [0, 0.05) is 42.1 Å². The van der Waals surface area contributed by atoms with Gasteiger partial charge in [0.2, 0.25) is 0 Å². The third-order valence-corrected chi connectivity index (χ3v) is 6.90. The Morgan fingerprint density at radius 2 is 1.87 bits per heavy atom. The first-order valence-electron chi connectivity index (χ1n) is 10.6. The SMILES string of the molecule is CCOC(=O)c1nnn(COCC[Si](C)(C)C)c1-c1ccc2c(c1)[nH]c1ccccc12. The second-order valence-corrected chi connectivity index (χ2v) is 14.4. The number of esters is 1. The normalized spacial score (nSPS) is 12.0. The first kappa shape index (κ1) is 21.3. The lowest BCUT2D eigenvalue weighted by molar-refractivity contribution is 0.0520. The molecule has 0 spiro atoms. The zero-order chi connectivity index (χ0) is 22.0. The highest BCUT2D eigenvalue weighted by Crippen LogP contribution is 2.31. The number of benzene rings is 2. The number of carbonyl (C=O) groups excluding carboxylic acids is 1. The van der Waals surface area contributed by atoms with E-state index in [2.05, 4.69) is 53.1 Å². The molecule has 0 unspecified atom stereocenters. The summed E-state index contributed by atoms with van der Waals surface area (Å²) in [5, 5.41) is 10.6. The van der Waals surface area contributed by atoms with Crippen LogP contribution in [0.5, 0.6) is 0 Å². The largest absolute Gasteiger partial charge is 0.461 e. The van der Waals surface area contributed by atoms with Crippen LogP contribution in [0.3, 0.4) is 0 Å². The van der Waals surface area contributed by atoms with Gasteiger partial charge >= 0.3 is 5.97 Å². The van der Waals surface area contributed by atoms with Crippen molar-refractivity contribution in [2.24, 2.45) is 0 Å². The molecule has 0 atom stereocenters. The molecule has 0 saturated heterocycles. The Labute approximate surface area is 182 Å². The summed E-state index contributed by atoms with van der Waals surface area (Å²) in [6.45, 7) is 9.88. The van der Waals surface area contributed by atoms with Crippen LogP contribution in [0, 0.1) is 0 Å². The number of H-pyrrole nitrogens is 1. The van der Waals surface area contributed by atoms with Crippen LogP contribution >= 0.6 is 0 Å². The van der Waals surface area contributed by atoms with Crippen LogP contribution in [0.2, 0.25) is 25.7 Å². The van der Waals surface area contributed by atoms with Crippen LogP contribution in [0.25, 0.3) is 33.1 Å². The molecule has 4 aromatic rings. The van der Waals surface area contributed by atoms with Crippen molar-refractivity contribution in [3.63, 3.8) is 0 Å². The summed E-state index contributed by atoms with van der Waals surface area (Å²) < 4.78 is 12.7. The monoisotopic (exact) mass is 436 g/mol. The molecule has 0 aliphatic rings. The number of rotatable bonds is 8. The van der Waals surface area contributed by atoms with E-state index in [-0.39, 0.29) is 19.0 Å². The van der Waals surface area contributed by atoms with Crippen LogP contribution < -0.4 is 0 Å². The number of nitrogens with one attached hydrogen (secondary N) is 1. The maximum Gasteiger partial charge on any atom is 0.361 e. The van der Waals surface area contributed by atoms with Gasteiger partial charge in [0.15, 0.2) is 5.69 Å². The van der Waals surface area contributed by atoms with Crippen LogP contribution in [-0.2, 0) is 16.2 Å². The third-order valence-electron chi connectivity index (χ3n) is 5.19. The fourth-order valence-electron chi connectivity index (χ4n) is 3.56. The van der Waals surface area contributed by atoms with Gasteiger partial charge in [-0.1, -0.05) is 55.2 Å². The number of para-hydroxylation sites is 1. The standard InChI is InChI=1S/C23H28N4O3Si/c1-5-30-23(28)21-22(27(26-25-21)15-29-12-13-31(2,3)4)16-10-11-18-17-8-6-7-9-19(17)24-20(18)14-16/h6-11,14,24H,5,12-13,15H2,1-4H3. The van der Waals surface area contributed by atoms with Crippen molar-refractivity contribution in [3.05, 3.63) is 48.2 Å². The van der Waals surface area contributed by atoms with Crippen molar-refractivity contribution in [3.8, 4) is 11.3 Å². The topological polar surface area (TPSA) is 82.0 Å². The molecule has 0 aliphatic carbocycles. The Bertz CT molecular complexity index is 1220. The van der Waals surface area contributed by atoms with Gasteiger partial charge < -0.3 is 14.5 Å². The molecular formula is C23H28N4O3Si. The van der Waals surface area contributed by atoms with Crippen molar-refractivity contribution in [2.45, 2.75) is 39.3 Å². The molecule has 2 heterocycles. The first-order chi connectivity index (χ1) is 14.9. The number of fused-ring (bicyclic) bond motifs is 3. The predicted molar refractivity (Wildman–Crippen MR) is 125 cm³/mol. The van der Waals surface area contributed by atoms with Crippen LogP contribution in [0.15, 0.2) is 42.5 Å². The Morgan fingerprint density at radius 1 is 1.10 bits per heavy atom. The fourth-order valence-corrected chi connectivity index (χ4v) is 4.31. The van der Waals surface area contributed by atoms with Crippen molar-refractivity contribution >= 4 is 35.8 Å². The summed E-state index contributed by atoms with van der Waals surface area (Å²) in [6, 6.07) is 15.3. The predicted octanol–water partition coefficient (Wildman–Crippen LogP) is 5.07. The van der Waals surface area contributed by atoms with Gasteiger partial charge in [-0.2, -0.15) is 0 Å². The van der Waals surface area contributed by atoms with Crippen LogP contribution in [-0.4, -0.2) is 47.2 Å². The quantitative estimate of drug-likeness (QED) is 0.237.